The topological polar surface area (TPSA) is 44.8 Å². The first-order valence-corrected chi connectivity index (χ1v) is 9.44. The second-order valence-electron chi connectivity index (χ2n) is 6.33. The van der Waals surface area contributed by atoms with Crippen molar-refractivity contribution in [2.24, 2.45) is 0 Å². The number of hydrogen-bond donors (Lipinski definition) is 1. The number of hydrogen-bond acceptors (Lipinski definition) is 5. The van der Waals surface area contributed by atoms with Crippen molar-refractivity contribution in [3.8, 4) is 0 Å². The van der Waals surface area contributed by atoms with E-state index in [4.69, 9.17) is 4.74 Å². The van der Waals surface area contributed by atoms with Crippen LogP contribution >= 0.6 is 11.3 Å². The summed E-state index contributed by atoms with van der Waals surface area (Å²) in [6.07, 6.45) is 0. The van der Waals surface area contributed by atoms with Crippen LogP contribution in [0.1, 0.15) is 21.3 Å². The Labute approximate surface area is 153 Å². The average Bonchev–Trinajstić information content (AvgIpc) is 3.17. The molecule has 0 spiro atoms. The number of anilines is 1. The Bertz CT molecular complexity index is 682. The van der Waals surface area contributed by atoms with Crippen LogP contribution in [0.15, 0.2) is 41.8 Å². The molecule has 1 N–H and O–H groups in total. The monoisotopic (exact) mass is 359 g/mol. The molecule has 0 bridgehead atoms. The Morgan fingerprint density at radius 1 is 1.28 bits per heavy atom. The molecule has 2 heterocycles. The van der Waals surface area contributed by atoms with Gasteiger partial charge in [-0.2, -0.15) is 0 Å². The van der Waals surface area contributed by atoms with Gasteiger partial charge in [0, 0.05) is 49.9 Å². The Hall–Kier alpha value is -1.89. The first-order valence-electron chi connectivity index (χ1n) is 8.56. The van der Waals surface area contributed by atoms with Crippen LogP contribution in [0.25, 0.3) is 0 Å². The number of rotatable bonds is 6. The maximum Gasteiger partial charge on any atom is 0.251 e. The maximum atomic E-state index is 12.6. The fourth-order valence-corrected chi connectivity index (χ4v) is 3.86. The second kappa shape index (κ2) is 8.47. The lowest BCUT2D eigenvalue weighted by Gasteiger charge is -2.34. The van der Waals surface area contributed by atoms with E-state index >= 15 is 0 Å². The van der Waals surface area contributed by atoms with Gasteiger partial charge in [0.25, 0.3) is 5.91 Å². The van der Waals surface area contributed by atoms with Gasteiger partial charge in [0.2, 0.25) is 0 Å². The van der Waals surface area contributed by atoms with Crippen molar-refractivity contribution < 1.29 is 9.53 Å². The molecule has 1 aromatic heterocycles. The molecule has 2 aromatic rings. The van der Waals surface area contributed by atoms with Gasteiger partial charge in [-0.15, -0.1) is 11.3 Å². The number of amides is 1. The molecule has 134 valence electrons. The number of thiophene rings is 1. The van der Waals surface area contributed by atoms with Gasteiger partial charge in [0.05, 0.1) is 19.3 Å². The summed E-state index contributed by atoms with van der Waals surface area (Å²) in [7, 11) is 3.95. The second-order valence-corrected chi connectivity index (χ2v) is 7.31. The van der Waals surface area contributed by atoms with Crippen LogP contribution < -0.4 is 10.2 Å². The fraction of sp³-hybridized carbons (Fsp3) is 0.421. The maximum absolute atomic E-state index is 12.6. The van der Waals surface area contributed by atoms with Crippen LogP contribution in [0.4, 0.5) is 5.69 Å². The molecule has 0 saturated carbocycles. The molecule has 25 heavy (non-hydrogen) atoms. The molecular formula is C19H25N3O2S. The molecule has 1 aliphatic rings. The SMILES string of the molecule is CN(C)c1cccc(C(=O)NCC(c2cccs2)N2CCOCC2)c1. The van der Waals surface area contributed by atoms with E-state index < -0.39 is 0 Å². The van der Waals surface area contributed by atoms with E-state index in [1.54, 1.807) is 11.3 Å². The smallest absolute Gasteiger partial charge is 0.251 e. The summed E-state index contributed by atoms with van der Waals surface area (Å²) in [5, 5.41) is 5.21. The number of carbonyl (C=O) groups excluding carboxylic acids is 1. The molecule has 1 saturated heterocycles. The number of nitrogens with zero attached hydrogens (tertiary/aromatic N) is 2. The molecule has 1 aliphatic heterocycles. The summed E-state index contributed by atoms with van der Waals surface area (Å²) in [5.41, 5.74) is 1.72. The van der Waals surface area contributed by atoms with Crippen LogP contribution in [-0.4, -0.2) is 57.8 Å². The third-order valence-electron chi connectivity index (χ3n) is 4.44. The highest BCUT2D eigenvalue weighted by Crippen LogP contribution is 2.25. The zero-order valence-electron chi connectivity index (χ0n) is 14.8. The van der Waals surface area contributed by atoms with Gasteiger partial charge in [-0.1, -0.05) is 12.1 Å². The highest BCUT2D eigenvalue weighted by Gasteiger charge is 2.24. The van der Waals surface area contributed by atoms with Crippen molar-refractivity contribution >= 4 is 22.9 Å². The zero-order chi connectivity index (χ0) is 17.6. The Morgan fingerprint density at radius 2 is 2.08 bits per heavy atom. The Balaban J connectivity index is 1.68. The van der Waals surface area contributed by atoms with Gasteiger partial charge >= 0.3 is 0 Å². The molecule has 1 amide bonds. The molecule has 1 fully saturated rings. The first-order chi connectivity index (χ1) is 12.1. The fourth-order valence-electron chi connectivity index (χ4n) is 3.00. The number of morpholine rings is 1. The number of nitrogens with one attached hydrogen (secondary N) is 1. The highest BCUT2D eigenvalue weighted by atomic mass is 32.1. The summed E-state index contributed by atoms with van der Waals surface area (Å²) in [6.45, 7) is 3.90. The van der Waals surface area contributed by atoms with Crippen molar-refractivity contribution in [3.05, 3.63) is 52.2 Å². The van der Waals surface area contributed by atoms with Crippen LogP contribution in [0.3, 0.4) is 0 Å². The summed E-state index contributed by atoms with van der Waals surface area (Å²) in [4.78, 5) is 18.3. The summed E-state index contributed by atoms with van der Waals surface area (Å²) in [5.74, 6) is -0.0292. The van der Waals surface area contributed by atoms with E-state index in [1.165, 1.54) is 4.88 Å². The van der Waals surface area contributed by atoms with Crippen molar-refractivity contribution in [3.63, 3.8) is 0 Å². The van der Waals surface area contributed by atoms with Crippen LogP contribution in [0.5, 0.6) is 0 Å². The summed E-state index contributed by atoms with van der Waals surface area (Å²) in [6, 6.07) is 12.1. The van der Waals surface area contributed by atoms with Crippen molar-refractivity contribution in [1.29, 1.82) is 0 Å². The van der Waals surface area contributed by atoms with Gasteiger partial charge in [-0.25, -0.2) is 0 Å². The minimum Gasteiger partial charge on any atom is -0.379 e. The Morgan fingerprint density at radius 3 is 2.76 bits per heavy atom. The van der Waals surface area contributed by atoms with E-state index in [0.29, 0.717) is 12.1 Å². The van der Waals surface area contributed by atoms with E-state index in [0.717, 1.165) is 32.0 Å². The molecule has 3 rings (SSSR count). The minimum absolute atomic E-state index is 0.0292. The van der Waals surface area contributed by atoms with Crippen LogP contribution in [-0.2, 0) is 4.74 Å². The number of ether oxygens (including phenoxy) is 1. The lowest BCUT2D eigenvalue weighted by molar-refractivity contribution is 0.0169. The average molecular weight is 359 g/mol. The molecule has 1 aromatic carbocycles. The van der Waals surface area contributed by atoms with Gasteiger partial charge in [-0.3, -0.25) is 9.69 Å². The zero-order valence-corrected chi connectivity index (χ0v) is 15.6. The largest absolute Gasteiger partial charge is 0.379 e. The van der Waals surface area contributed by atoms with Crippen LogP contribution in [0.2, 0.25) is 0 Å². The lowest BCUT2D eigenvalue weighted by Crippen LogP contribution is -2.43. The number of benzene rings is 1. The standard InChI is InChI=1S/C19H25N3O2S/c1-21(2)16-6-3-5-15(13-16)19(23)20-14-17(18-7-4-12-25-18)22-8-10-24-11-9-22/h3-7,12-13,17H,8-11,14H2,1-2H3,(H,20,23). The molecule has 5 nitrogen and oxygen atoms in total. The normalized spacial score (nSPS) is 16.4. The first kappa shape index (κ1) is 17.9. The van der Waals surface area contributed by atoms with Gasteiger partial charge in [-0.05, 0) is 29.6 Å². The molecule has 6 heteroatoms. The quantitative estimate of drug-likeness (QED) is 0.861. The van der Waals surface area contributed by atoms with Crippen molar-refractivity contribution in [2.45, 2.75) is 6.04 Å². The van der Waals surface area contributed by atoms with Gasteiger partial charge in [0.15, 0.2) is 0 Å². The van der Waals surface area contributed by atoms with Crippen molar-refractivity contribution in [2.75, 3.05) is 51.8 Å². The Kier molecular flexibility index (Phi) is 6.07. The van der Waals surface area contributed by atoms with Crippen LogP contribution in [0, 0.1) is 0 Å². The van der Waals surface area contributed by atoms with E-state index in [9.17, 15) is 4.79 Å². The minimum atomic E-state index is -0.0292. The highest BCUT2D eigenvalue weighted by molar-refractivity contribution is 7.10. The summed E-state index contributed by atoms with van der Waals surface area (Å²) >= 11 is 1.74. The lowest BCUT2D eigenvalue weighted by atomic mass is 10.1. The third-order valence-corrected chi connectivity index (χ3v) is 5.41. The predicted octanol–water partition coefficient (Wildman–Crippen LogP) is 2.62. The third kappa shape index (κ3) is 4.60. The molecule has 0 radical (unpaired) electrons. The molecule has 0 aliphatic carbocycles. The van der Waals surface area contributed by atoms with E-state index in [-0.39, 0.29) is 11.9 Å². The number of carbonyl (C=O) groups is 1. The van der Waals surface area contributed by atoms with Gasteiger partial charge in [0.1, 0.15) is 0 Å². The van der Waals surface area contributed by atoms with E-state index in [2.05, 4.69) is 27.7 Å². The predicted molar refractivity (Wildman–Crippen MR) is 103 cm³/mol. The summed E-state index contributed by atoms with van der Waals surface area (Å²) < 4.78 is 5.47. The van der Waals surface area contributed by atoms with Crippen molar-refractivity contribution in [1.82, 2.24) is 10.2 Å². The molecule has 1 unspecified atom stereocenters. The molecule has 1 atom stereocenters. The molecular weight excluding hydrogens is 334 g/mol. The van der Waals surface area contributed by atoms with Gasteiger partial charge < -0.3 is 15.0 Å². The van der Waals surface area contributed by atoms with E-state index in [1.807, 2.05) is 43.3 Å².